The van der Waals surface area contributed by atoms with E-state index in [0.29, 0.717) is 16.6 Å². The second-order valence-corrected chi connectivity index (χ2v) is 6.64. The molecule has 0 spiro atoms. The normalized spacial score (nSPS) is 13.3. The number of esters is 1. The van der Waals surface area contributed by atoms with Crippen LogP contribution in [-0.2, 0) is 9.53 Å². The molecule has 0 aliphatic carbocycles. The number of H-pyrrole nitrogens is 2. The van der Waals surface area contributed by atoms with Crippen LogP contribution in [0.25, 0.3) is 11.0 Å². The maximum atomic E-state index is 12.7. The number of fused-ring (bicyclic) bond motifs is 1. The zero-order valence-electron chi connectivity index (χ0n) is 15.3. The highest BCUT2D eigenvalue weighted by Crippen LogP contribution is 2.28. The number of ether oxygens (including phenoxy) is 1. The monoisotopic (exact) mass is 366 g/mol. The summed E-state index contributed by atoms with van der Waals surface area (Å²) in [6, 6.07) is 14.3. The molecule has 27 heavy (non-hydrogen) atoms. The molecule has 0 saturated heterocycles. The number of nitrogens with one attached hydrogen (secondary N) is 2. The lowest BCUT2D eigenvalue weighted by atomic mass is 9.85. The molecule has 0 fully saturated rings. The fraction of sp³-hybridized carbons (Fsp3) is 0.286. The van der Waals surface area contributed by atoms with E-state index in [9.17, 15) is 14.4 Å². The van der Waals surface area contributed by atoms with Crippen LogP contribution in [0, 0.1) is 5.92 Å². The van der Waals surface area contributed by atoms with E-state index in [1.165, 1.54) is 0 Å². The van der Waals surface area contributed by atoms with Crippen molar-refractivity contribution in [1.82, 2.24) is 9.97 Å². The van der Waals surface area contributed by atoms with Crippen molar-refractivity contribution >= 4 is 22.8 Å². The maximum absolute atomic E-state index is 12.7. The van der Waals surface area contributed by atoms with Gasteiger partial charge in [0.15, 0.2) is 12.4 Å². The van der Waals surface area contributed by atoms with Gasteiger partial charge in [-0.1, -0.05) is 50.6 Å². The van der Waals surface area contributed by atoms with Gasteiger partial charge in [-0.25, -0.2) is 4.79 Å². The number of carbonyl (C=O) groups is 2. The third kappa shape index (κ3) is 4.16. The van der Waals surface area contributed by atoms with Crippen LogP contribution in [0.4, 0.5) is 0 Å². The molecule has 1 heterocycles. The molecule has 0 unspecified atom stereocenters. The lowest BCUT2D eigenvalue weighted by molar-refractivity contribution is -0.145. The summed E-state index contributed by atoms with van der Waals surface area (Å²) in [5.74, 6) is -1.04. The van der Waals surface area contributed by atoms with Crippen LogP contribution >= 0.6 is 0 Å². The summed E-state index contributed by atoms with van der Waals surface area (Å²) in [5, 5.41) is 0. The van der Waals surface area contributed by atoms with Crippen molar-refractivity contribution in [2.45, 2.75) is 26.2 Å². The predicted octanol–water partition coefficient (Wildman–Crippen LogP) is 3.41. The Morgan fingerprint density at radius 3 is 2.44 bits per heavy atom. The fourth-order valence-electron chi connectivity index (χ4n) is 3.11. The molecule has 3 aromatic rings. The number of aromatic amines is 2. The Labute approximate surface area is 156 Å². The van der Waals surface area contributed by atoms with E-state index in [2.05, 4.69) is 9.97 Å². The number of benzene rings is 2. The molecule has 140 valence electrons. The molecular weight excluding hydrogens is 344 g/mol. The van der Waals surface area contributed by atoms with Gasteiger partial charge in [0.25, 0.3) is 0 Å². The SMILES string of the molecule is CC[C@H](C)[C@@H](C(=O)OCC(=O)c1ccc2[nH]c(=O)[nH]c2c1)c1ccccc1. The summed E-state index contributed by atoms with van der Waals surface area (Å²) < 4.78 is 5.35. The predicted molar refractivity (Wildman–Crippen MR) is 103 cm³/mol. The maximum Gasteiger partial charge on any atom is 0.323 e. The summed E-state index contributed by atoms with van der Waals surface area (Å²) in [6.07, 6.45) is 0.820. The molecule has 0 radical (unpaired) electrons. The van der Waals surface area contributed by atoms with Crippen molar-refractivity contribution in [1.29, 1.82) is 0 Å². The minimum atomic E-state index is -0.410. The Kier molecular flexibility index (Phi) is 5.54. The van der Waals surface area contributed by atoms with Crippen molar-refractivity contribution in [2.24, 2.45) is 5.92 Å². The highest BCUT2D eigenvalue weighted by atomic mass is 16.5. The Morgan fingerprint density at radius 2 is 1.74 bits per heavy atom. The number of hydrogen-bond donors (Lipinski definition) is 2. The van der Waals surface area contributed by atoms with Gasteiger partial charge >= 0.3 is 11.7 Å². The number of ketones is 1. The summed E-state index contributed by atoms with van der Waals surface area (Å²) in [7, 11) is 0. The molecule has 0 aliphatic rings. The smallest absolute Gasteiger partial charge is 0.323 e. The van der Waals surface area contributed by atoms with Crippen LogP contribution < -0.4 is 5.69 Å². The topological polar surface area (TPSA) is 92.0 Å². The van der Waals surface area contributed by atoms with Gasteiger partial charge in [-0.3, -0.25) is 9.59 Å². The van der Waals surface area contributed by atoms with E-state index in [-0.39, 0.29) is 24.0 Å². The number of carbonyl (C=O) groups excluding carboxylic acids is 2. The number of Topliss-reactive ketones (excluding diaryl/α,β-unsaturated/α-hetero) is 1. The van der Waals surface area contributed by atoms with E-state index in [1.807, 2.05) is 44.2 Å². The molecule has 6 heteroatoms. The van der Waals surface area contributed by atoms with E-state index in [1.54, 1.807) is 18.2 Å². The van der Waals surface area contributed by atoms with Gasteiger partial charge in [-0.15, -0.1) is 0 Å². The molecule has 0 bridgehead atoms. The van der Waals surface area contributed by atoms with Crippen LogP contribution in [0.2, 0.25) is 0 Å². The molecule has 0 amide bonds. The summed E-state index contributed by atoms with van der Waals surface area (Å²) in [4.78, 5) is 41.6. The van der Waals surface area contributed by atoms with E-state index in [0.717, 1.165) is 12.0 Å². The quantitative estimate of drug-likeness (QED) is 0.495. The highest BCUT2D eigenvalue weighted by Gasteiger charge is 2.27. The number of imidazole rings is 1. The number of rotatable bonds is 7. The number of hydrogen-bond acceptors (Lipinski definition) is 4. The second-order valence-electron chi connectivity index (χ2n) is 6.64. The zero-order valence-corrected chi connectivity index (χ0v) is 15.3. The summed E-state index contributed by atoms with van der Waals surface area (Å²) >= 11 is 0. The van der Waals surface area contributed by atoms with Crippen molar-refractivity contribution in [2.75, 3.05) is 6.61 Å². The third-order valence-corrected chi connectivity index (χ3v) is 4.81. The van der Waals surface area contributed by atoms with Gasteiger partial charge < -0.3 is 14.7 Å². The van der Waals surface area contributed by atoms with Crippen molar-refractivity contribution in [3.05, 3.63) is 70.1 Å². The third-order valence-electron chi connectivity index (χ3n) is 4.81. The molecule has 2 atom stereocenters. The molecule has 3 rings (SSSR count). The van der Waals surface area contributed by atoms with Gasteiger partial charge in [0.1, 0.15) is 0 Å². The van der Waals surface area contributed by atoms with Crippen LogP contribution in [0.15, 0.2) is 53.3 Å². The first-order chi connectivity index (χ1) is 13.0. The van der Waals surface area contributed by atoms with Crippen molar-refractivity contribution in [3.8, 4) is 0 Å². The first-order valence-corrected chi connectivity index (χ1v) is 8.96. The molecule has 0 aliphatic heterocycles. The van der Waals surface area contributed by atoms with Gasteiger partial charge in [0, 0.05) is 5.56 Å². The van der Waals surface area contributed by atoms with Crippen molar-refractivity contribution < 1.29 is 14.3 Å². The summed E-state index contributed by atoms with van der Waals surface area (Å²) in [5.41, 5.74) is 2.09. The second kappa shape index (κ2) is 8.03. The standard InChI is InChI=1S/C21H22N2O4/c1-3-13(2)19(14-7-5-4-6-8-14)20(25)27-12-18(24)15-9-10-16-17(11-15)23-21(26)22-16/h4-11,13,19H,3,12H2,1-2H3,(H2,22,23,26)/t13-,19+/m0/s1. The van der Waals surface area contributed by atoms with E-state index < -0.39 is 11.9 Å². The van der Waals surface area contributed by atoms with E-state index >= 15 is 0 Å². The van der Waals surface area contributed by atoms with E-state index in [4.69, 9.17) is 4.74 Å². The molecular formula is C21H22N2O4. The Bertz CT molecular complexity index is 1000. The van der Waals surface area contributed by atoms with Crippen LogP contribution in [-0.4, -0.2) is 28.3 Å². The lowest BCUT2D eigenvalue weighted by Gasteiger charge is -2.21. The minimum absolute atomic E-state index is 0.0938. The molecule has 6 nitrogen and oxygen atoms in total. The van der Waals surface area contributed by atoms with Crippen LogP contribution in [0.3, 0.4) is 0 Å². The fourth-order valence-corrected chi connectivity index (χ4v) is 3.11. The summed E-state index contributed by atoms with van der Waals surface area (Å²) in [6.45, 7) is 3.68. The van der Waals surface area contributed by atoms with Gasteiger partial charge in [-0.2, -0.15) is 0 Å². The Morgan fingerprint density at radius 1 is 1.04 bits per heavy atom. The first kappa shape index (κ1) is 18.6. The molecule has 1 aromatic heterocycles. The van der Waals surface area contributed by atoms with Crippen LogP contribution in [0.5, 0.6) is 0 Å². The first-order valence-electron chi connectivity index (χ1n) is 8.96. The lowest BCUT2D eigenvalue weighted by Crippen LogP contribution is -2.24. The van der Waals surface area contributed by atoms with Crippen LogP contribution in [0.1, 0.15) is 42.1 Å². The van der Waals surface area contributed by atoms with Gasteiger partial charge in [0.2, 0.25) is 0 Å². The molecule has 2 N–H and O–H groups in total. The average molecular weight is 366 g/mol. The average Bonchev–Trinajstić information content (AvgIpc) is 3.06. The largest absolute Gasteiger partial charge is 0.457 e. The molecule has 2 aromatic carbocycles. The van der Waals surface area contributed by atoms with Gasteiger partial charge in [0.05, 0.1) is 17.0 Å². The Balaban J connectivity index is 1.72. The molecule has 0 saturated carbocycles. The number of aromatic nitrogens is 2. The Hall–Kier alpha value is -3.15. The van der Waals surface area contributed by atoms with Gasteiger partial charge in [-0.05, 0) is 29.7 Å². The highest BCUT2D eigenvalue weighted by molar-refractivity contribution is 6.00. The minimum Gasteiger partial charge on any atom is -0.457 e. The zero-order chi connectivity index (χ0) is 19.4. The van der Waals surface area contributed by atoms with Crippen molar-refractivity contribution in [3.63, 3.8) is 0 Å².